The van der Waals surface area contributed by atoms with Crippen LogP contribution in [0.2, 0.25) is 0 Å². The van der Waals surface area contributed by atoms with E-state index >= 15 is 0 Å². The van der Waals surface area contributed by atoms with Gasteiger partial charge in [0.15, 0.2) is 0 Å². The van der Waals surface area contributed by atoms with Crippen LogP contribution in [0.1, 0.15) is 5.56 Å². The molecule has 0 aliphatic heterocycles. The van der Waals surface area contributed by atoms with Gasteiger partial charge in [-0.05, 0) is 25.1 Å². The quantitative estimate of drug-likeness (QED) is 0.581. The normalized spacial score (nSPS) is 11.9. The predicted molar refractivity (Wildman–Crippen MR) is 90.4 cm³/mol. The molecule has 0 atom stereocenters. The molecule has 4 nitrogen and oxygen atoms in total. The number of nitrogens with one attached hydrogen (secondary N) is 1. The average molecular weight is 351 g/mol. The molecule has 0 saturated carbocycles. The van der Waals surface area contributed by atoms with Crippen LogP contribution in [0.3, 0.4) is 0 Å². The highest BCUT2D eigenvalue weighted by molar-refractivity contribution is 8.10. The van der Waals surface area contributed by atoms with Gasteiger partial charge in [-0.3, -0.25) is 0 Å². The molecule has 0 aliphatic rings. The molecule has 7 heteroatoms. The third-order valence-corrected chi connectivity index (χ3v) is 7.33. The van der Waals surface area contributed by atoms with Crippen molar-refractivity contribution in [3.63, 3.8) is 0 Å². The van der Waals surface area contributed by atoms with Gasteiger partial charge in [0, 0.05) is 6.07 Å². The molecule has 3 rings (SSSR count). The molecule has 22 heavy (non-hydrogen) atoms. The molecule has 114 valence electrons. The SMILES string of the molecule is Cc1ccc(S(=O)(=O)NSc2sc3ccccc3[n+]2C)cc1. The molecular formula is C15H15N2O2S3+. The van der Waals surface area contributed by atoms with Crippen molar-refractivity contribution >= 4 is 43.5 Å². The molecule has 2 aromatic carbocycles. The number of rotatable bonds is 4. The van der Waals surface area contributed by atoms with E-state index in [0.29, 0.717) is 0 Å². The second-order valence-corrected chi connectivity index (χ2v) is 8.92. The Balaban J connectivity index is 1.84. The minimum absolute atomic E-state index is 0.273. The maximum atomic E-state index is 12.3. The molecule has 1 N–H and O–H groups in total. The molecule has 0 unspecified atom stereocenters. The Kier molecular flexibility index (Phi) is 4.22. The number of benzene rings is 2. The molecule has 0 amide bonds. The molecule has 1 aromatic heterocycles. The number of hydrogen-bond donors (Lipinski definition) is 1. The van der Waals surface area contributed by atoms with Crippen LogP contribution < -0.4 is 8.69 Å². The van der Waals surface area contributed by atoms with Crippen molar-refractivity contribution < 1.29 is 13.0 Å². The lowest BCUT2D eigenvalue weighted by Gasteiger charge is -2.03. The van der Waals surface area contributed by atoms with E-state index in [9.17, 15) is 8.42 Å². The first-order valence-electron chi connectivity index (χ1n) is 6.60. The van der Waals surface area contributed by atoms with Crippen molar-refractivity contribution in [1.29, 1.82) is 0 Å². The first kappa shape index (κ1) is 15.5. The molecule has 0 radical (unpaired) electrons. The number of hydrogen-bond acceptors (Lipinski definition) is 4. The number of fused-ring (bicyclic) bond motifs is 1. The lowest BCUT2D eigenvalue weighted by Crippen LogP contribution is -2.30. The molecule has 0 spiro atoms. The summed E-state index contributed by atoms with van der Waals surface area (Å²) >= 11 is 2.68. The standard InChI is InChI=1S/C15H15N2O2S3/c1-11-7-9-12(10-8-11)22(18,19)16-21-15-17(2)13-5-3-4-6-14(13)20-15/h3-10,16H,1-2H3/q+1. The first-order chi connectivity index (χ1) is 10.5. The third-order valence-electron chi connectivity index (χ3n) is 3.27. The van der Waals surface area contributed by atoms with Crippen molar-refractivity contribution in [3.8, 4) is 0 Å². The van der Waals surface area contributed by atoms with Crippen LogP contribution in [0.4, 0.5) is 0 Å². The summed E-state index contributed by atoms with van der Waals surface area (Å²) in [7, 11) is -1.59. The van der Waals surface area contributed by atoms with Gasteiger partial charge >= 0.3 is 4.34 Å². The second-order valence-electron chi connectivity index (χ2n) is 4.90. The number of para-hydroxylation sites is 1. The van der Waals surface area contributed by atoms with E-state index in [2.05, 4.69) is 4.13 Å². The summed E-state index contributed by atoms with van der Waals surface area (Å²) in [6.45, 7) is 1.93. The van der Waals surface area contributed by atoms with Gasteiger partial charge in [0.25, 0.3) is 0 Å². The largest absolute Gasteiger partial charge is 0.314 e. The predicted octanol–water partition coefficient (Wildman–Crippen LogP) is 3.02. The first-order valence-corrected chi connectivity index (χ1v) is 9.72. The summed E-state index contributed by atoms with van der Waals surface area (Å²) in [5.41, 5.74) is 2.12. The molecule has 3 aromatic rings. The van der Waals surface area contributed by atoms with E-state index in [-0.39, 0.29) is 4.90 Å². The minimum Gasteiger partial charge on any atom is -0.206 e. The highest BCUT2D eigenvalue weighted by Crippen LogP contribution is 2.26. The van der Waals surface area contributed by atoms with E-state index < -0.39 is 10.0 Å². The zero-order valence-electron chi connectivity index (χ0n) is 12.1. The molecule has 0 bridgehead atoms. The van der Waals surface area contributed by atoms with Crippen LogP contribution >= 0.6 is 23.3 Å². The third kappa shape index (κ3) is 3.03. The van der Waals surface area contributed by atoms with Crippen molar-refractivity contribution in [2.24, 2.45) is 7.05 Å². The second kappa shape index (κ2) is 6.00. The molecule has 0 aliphatic carbocycles. The monoisotopic (exact) mass is 351 g/mol. The Bertz CT molecular complexity index is 916. The zero-order valence-corrected chi connectivity index (χ0v) is 14.6. The fourth-order valence-corrected chi connectivity index (χ4v) is 5.49. The van der Waals surface area contributed by atoms with Crippen molar-refractivity contribution in [2.75, 3.05) is 0 Å². The maximum absolute atomic E-state index is 12.3. The summed E-state index contributed by atoms with van der Waals surface area (Å²) in [5.74, 6) is 0. The Hall–Kier alpha value is -1.41. The Morgan fingerprint density at radius 2 is 1.77 bits per heavy atom. The molecule has 0 fully saturated rings. The van der Waals surface area contributed by atoms with E-state index in [1.807, 2.05) is 42.8 Å². The number of nitrogens with zero attached hydrogens (tertiary/aromatic N) is 1. The summed E-state index contributed by atoms with van der Waals surface area (Å²) in [6, 6.07) is 14.8. The van der Waals surface area contributed by atoms with E-state index in [0.717, 1.165) is 32.1 Å². The fraction of sp³-hybridized carbons (Fsp3) is 0.133. The van der Waals surface area contributed by atoms with Crippen LogP contribution in [-0.2, 0) is 17.1 Å². The summed E-state index contributed by atoms with van der Waals surface area (Å²) < 4.78 is 31.2. The van der Waals surface area contributed by atoms with E-state index in [1.54, 1.807) is 35.6 Å². The topological polar surface area (TPSA) is 50.1 Å². The van der Waals surface area contributed by atoms with Gasteiger partial charge in [-0.2, -0.15) is 4.57 Å². The van der Waals surface area contributed by atoms with Gasteiger partial charge in [-0.15, -0.1) is 4.13 Å². The van der Waals surface area contributed by atoms with Crippen molar-refractivity contribution in [2.45, 2.75) is 16.2 Å². The number of sulfonamides is 1. The lowest BCUT2D eigenvalue weighted by atomic mass is 10.2. The van der Waals surface area contributed by atoms with Crippen LogP contribution in [0, 0.1) is 6.92 Å². The maximum Gasteiger partial charge on any atom is 0.314 e. The Morgan fingerprint density at radius 3 is 2.45 bits per heavy atom. The van der Waals surface area contributed by atoms with Gasteiger partial charge in [-0.25, -0.2) is 8.42 Å². The van der Waals surface area contributed by atoms with Crippen LogP contribution in [-0.4, -0.2) is 8.42 Å². The smallest absolute Gasteiger partial charge is 0.206 e. The molecule has 0 saturated heterocycles. The Labute approximate surface area is 138 Å². The zero-order chi connectivity index (χ0) is 15.7. The average Bonchev–Trinajstić information content (AvgIpc) is 2.83. The number of aryl methyl sites for hydroxylation is 2. The highest BCUT2D eigenvalue weighted by atomic mass is 32.3. The summed E-state index contributed by atoms with van der Waals surface area (Å²) in [4.78, 5) is 0.273. The van der Waals surface area contributed by atoms with E-state index in [1.165, 1.54) is 0 Å². The van der Waals surface area contributed by atoms with E-state index in [4.69, 9.17) is 0 Å². The van der Waals surface area contributed by atoms with Crippen molar-refractivity contribution in [3.05, 3.63) is 54.1 Å². The van der Waals surface area contributed by atoms with Crippen molar-refractivity contribution in [1.82, 2.24) is 4.13 Å². The number of thiazole rings is 1. The minimum atomic E-state index is -3.52. The Morgan fingerprint density at radius 1 is 1.09 bits per heavy atom. The van der Waals surface area contributed by atoms with Gasteiger partial charge in [0.05, 0.1) is 16.8 Å². The lowest BCUT2D eigenvalue weighted by molar-refractivity contribution is -0.676. The van der Waals surface area contributed by atoms with Crippen LogP contribution in [0.25, 0.3) is 10.2 Å². The summed E-state index contributed by atoms with van der Waals surface area (Å²) in [6.07, 6.45) is 0. The highest BCUT2D eigenvalue weighted by Gasteiger charge is 2.21. The van der Waals surface area contributed by atoms with Gasteiger partial charge in [0.2, 0.25) is 15.5 Å². The van der Waals surface area contributed by atoms with Gasteiger partial charge in [-0.1, -0.05) is 41.2 Å². The fourth-order valence-electron chi connectivity index (χ4n) is 2.03. The summed E-state index contributed by atoms with van der Waals surface area (Å²) in [5, 5.41) is 0. The molecular weight excluding hydrogens is 336 g/mol. The van der Waals surface area contributed by atoms with Gasteiger partial charge in [0.1, 0.15) is 11.7 Å². The number of aromatic nitrogens is 1. The van der Waals surface area contributed by atoms with Gasteiger partial charge < -0.3 is 0 Å². The van der Waals surface area contributed by atoms with Crippen LogP contribution in [0.5, 0.6) is 0 Å². The van der Waals surface area contributed by atoms with Crippen LogP contribution in [0.15, 0.2) is 57.8 Å². The molecule has 1 heterocycles.